The monoisotopic (exact) mass is 300 g/mol. The Balaban J connectivity index is 2.77. The predicted octanol–water partition coefficient (Wildman–Crippen LogP) is 2.31. The van der Waals surface area contributed by atoms with Crippen LogP contribution in [-0.4, -0.2) is 36.4 Å². The summed E-state index contributed by atoms with van der Waals surface area (Å²) >= 11 is 0. The Morgan fingerprint density at radius 2 is 2.00 bits per heavy atom. The van der Waals surface area contributed by atoms with E-state index in [4.69, 9.17) is 14.6 Å². The summed E-state index contributed by atoms with van der Waals surface area (Å²) < 4.78 is 10.5. The highest BCUT2D eigenvalue weighted by atomic mass is 16.5. The Bertz CT molecular complexity index is 342. The summed E-state index contributed by atoms with van der Waals surface area (Å²) in [6.45, 7) is 5.84. The van der Waals surface area contributed by atoms with E-state index in [0.717, 1.165) is 19.3 Å². The number of rotatable bonds is 7. The summed E-state index contributed by atoms with van der Waals surface area (Å²) in [7, 11) is 0. The fourth-order valence-electron chi connectivity index (χ4n) is 3.43. The van der Waals surface area contributed by atoms with Gasteiger partial charge in [0.15, 0.2) is 0 Å². The van der Waals surface area contributed by atoms with Gasteiger partial charge in [0.1, 0.15) is 6.10 Å². The van der Waals surface area contributed by atoms with E-state index in [1.54, 1.807) is 6.92 Å². The number of aliphatic hydroxyl groups excluding tert-OH is 1. The molecule has 0 aromatic rings. The number of aliphatic hydroxyl groups is 1. The van der Waals surface area contributed by atoms with Gasteiger partial charge in [0.2, 0.25) is 0 Å². The molecule has 1 aliphatic carbocycles. The quantitative estimate of drug-likeness (QED) is 0.730. The molecule has 1 fully saturated rings. The molecule has 1 N–H and O–H groups in total. The first-order valence-corrected chi connectivity index (χ1v) is 7.91. The second-order valence-corrected chi connectivity index (χ2v) is 6.02. The standard InChI is InChI=1S/C16H28O5/c1-4-20-16(19)10-13-8-11(2)9-15(21-12(3)18)14(13)6-5-7-17/h11,13-15,17H,4-10H2,1-3H3/t11-,13-,14-,15-/m1/s1. The second-order valence-electron chi connectivity index (χ2n) is 6.02. The van der Waals surface area contributed by atoms with E-state index >= 15 is 0 Å². The Hall–Kier alpha value is -1.10. The van der Waals surface area contributed by atoms with Crippen LogP contribution in [0.15, 0.2) is 0 Å². The van der Waals surface area contributed by atoms with Crippen LogP contribution in [0.2, 0.25) is 0 Å². The first-order valence-electron chi connectivity index (χ1n) is 7.91. The van der Waals surface area contributed by atoms with Gasteiger partial charge in [-0.1, -0.05) is 6.92 Å². The van der Waals surface area contributed by atoms with E-state index in [1.165, 1.54) is 6.92 Å². The van der Waals surface area contributed by atoms with Gasteiger partial charge >= 0.3 is 11.9 Å². The molecule has 1 rings (SSSR count). The van der Waals surface area contributed by atoms with E-state index in [9.17, 15) is 9.59 Å². The minimum absolute atomic E-state index is 0.116. The lowest BCUT2D eigenvalue weighted by Gasteiger charge is -2.40. The third-order valence-electron chi connectivity index (χ3n) is 4.17. The first kappa shape index (κ1) is 18.0. The molecule has 0 aromatic carbocycles. The van der Waals surface area contributed by atoms with Crippen molar-refractivity contribution in [3.8, 4) is 0 Å². The SMILES string of the molecule is CCOC(=O)C[C@H]1C[C@@H](C)C[C@@H](OC(C)=O)[C@@H]1CCCO. The molecular weight excluding hydrogens is 272 g/mol. The normalized spacial score (nSPS) is 29.0. The van der Waals surface area contributed by atoms with E-state index in [1.807, 2.05) is 0 Å². The van der Waals surface area contributed by atoms with Crippen LogP contribution in [0.5, 0.6) is 0 Å². The van der Waals surface area contributed by atoms with Crippen LogP contribution in [0, 0.1) is 17.8 Å². The molecule has 0 spiro atoms. The average Bonchev–Trinajstić information content (AvgIpc) is 2.37. The highest BCUT2D eigenvalue weighted by Crippen LogP contribution is 2.40. The molecule has 0 unspecified atom stereocenters. The number of hydrogen-bond acceptors (Lipinski definition) is 5. The number of esters is 2. The Kier molecular flexibility index (Phi) is 7.72. The van der Waals surface area contributed by atoms with Crippen molar-refractivity contribution >= 4 is 11.9 Å². The van der Waals surface area contributed by atoms with Crippen molar-refractivity contribution in [3.05, 3.63) is 0 Å². The first-order chi connectivity index (χ1) is 9.97. The fourth-order valence-corrected chi connectivity index (χ4v) is 3.43. The van der Waals surface area contributed by atoms with Crippen molar-refractivity contribution in [1.82, 2.24) is 0 Å². The van der Waals surface area contributed by atoms with Crippen LogP contribution >= 0.6 is 0 Å². The van der Waals surface area contributed by atoms with Gasteiger partial charge in [0, 0.05) is 20.0 Å². The molecular formula is C16H28O5. The highest BCUT2D eigenvalue weighted by Gasteiger charge is 2.38. The van der Waals surface area contributed by atoms with Crippen LogP contribution in [-0.2, 0) is 19.1 Å². The molecule has 5 nitrogen and oxygen atoms in total. The van der Waals surface area contributed by atoms with Crippen molar-refractivity contribution in [3.63, 3.8) is 0 Å². The van der Waals surface area contributed by atoms with E-state index in [0.29, 0.717) is 25.4 Å². The van der Waals surface area contributed by atoms with Crippen molar-refractivity contribution < 1.29 is 24.2 Å². The van der Waals surface area contributed by atoms with Gasteiger partial charge in [0.05, 0.1) is 6.61 Å². The van der Waals surface area contributed by atoms with Gasteiger partial charge in [-0.25, -0.2) is 0 Å². The Morgan fingerprint density at radius 1 is 1.29 bits per heavy atom. The van der Waals surface area contributed by atoms with E-state index in [-0.39, 0.29) is 36.5 Å². The molecule has 0 amide bonds. The molecule has 0 saturated heterocycles. The molecule has 4 atom stereocenters. The van der Waals surface area contributed by atoms with Crippen LogP contribution in [0.4, 0.5) is 0 Å². The molecule has 0 aromatic heterocycles. The minimum atomic E-state index is -0.280. The zero-order valence-electron chi connectivity index (χ0n) is 13.3. The van der Waals surface area contributed by atoms with Crippen molar-refractivity contribution in [2.45, 2.75) is 59.0 Å². The maximum Gasteiger partial charge on any atom is 0.306 e. The predicted molar refractivity (Wildman–Crippen MR) is 78.5 cm³/mol. The molecule has 5 heteroatoms. The van der Waals surface area contributed by atoms with Crippen LogP contribution in [0.1, 0.15) is 52.9 Å². The zero-order valence-corrected chi connectivity index (χ0v) is 13.3. The summed E-state index contributed by atoms with van der Waals surface area (Å²) in [5.41, 5.74) is 0. The Labute approximate surface area is 127 Å². The van der Waals surface area contributed by atoms with Crippen molar-refractivity contribution in [1.29, 1.82) is 0 Å². The third kappa shape index (κ3) is 6.04. The van der Waals surface area contributed by atoms with Gasteiger partial charge in [-0.15, -0.1) is 0 Å². The van der Waals surface area contributed by atoms with Gasteiger partial charge in [-0.2, -0.15) is 0 Å². The van der Waals surface area contributed by atoms with Crippen LogP contribution in [0.3, 0.4) is 0 Å². The topological polar surface area (TPSA) is 72.8 Å². The third-order valence-corrected chi connectivity index (χ3v) is 4.17. The second kappa shape index (κ2) is 9.03. The minimum Gasteiger partial charge on any atom is -0.466 e. The van der Waals surface area contributed by atoms with Crippen molar-refractivity contribution in [2.24, 2.45) is 17.8 Å². The van der Waals surface area contributed by atoms with Gasteiger partial charge in [-0.3, -0.25) is 9.59 Å². The van der Waals surface area contributed by atoms with Crippen molar-refractivity contribution in [2.75, 3.05) is 13.2 Å². The zero-order chi connectivity index (χ0) is 15.8. The lowest BCUT2D eigenvalue weighted by atomic mass is 9.69. The van der Waals surface area contributed by atoms with Gasteiger partial charge in [-0.05, 0) is 50.4 Å². The average molecular weight is 300 g/mol. The number of carbonyl (C=O) groups is 2. The van der Waals surface area contributed by atoms with E-state index < -0.39 is 0 Å². The molecule has 0 aliphatic heterocycles. The largest absolute Gasteiger partial charge is 0.466 e. The maximum absolute atomic E-state index is 11.8. The summed E-state index contributed by atoms with van der Waals surface area (Å²) in [6.07, 6.45) is 3.41. The number of hydrogen-bond donors (Lipinski definition) is 1. The molecule has 122 valence electrons. The fraction of sp³-hybridized carbons (Fsp3) is 0.875. The summed E-state index contributed by atoms with van der Waals surface area (Å²) in [5.74, 6) is 0.231. The van der Waals surface area contributed by atoms with Crippen LogP contribution in [0.25, 0.3) is 0 Å². The molecule has 0 radical (unpaired) electrons. The lowest BCUT2D eigenvalue weighted by molar-refractivity contribution is -0.156. The summed E-state index contributed by atoms with van der Waals surface area (Å²) in [4.78, 5) is 23.1. The molecule has 21 heavy (non-hydrogen) atoms. The van der Waals surface area contributed by atoms with Gasteiger partial charge in [0.25, 0.3) is 0 Å². The molecule has 0 heterocycles. The molecule has 1 aliphatic rings. The maximum atomic E-state index is 11.8. The van der Waals surface area contributed by atoms with Crippen LogP contribution < -0.4 is 0 Å². The van der Waals surface area contributed by atoms with E-state index in [2.05, 4.69) is 6.92 Å². The lowest BCUT2D eigenvalue weighted by Crippen LogP contribution is -2.39. The number of carbonyl (C=O) groups excluding carboxylic acids is 2. The molecule has 0 bridgehead atoms. The molecule has 1 saturated carbocycles. The summed E-state index contributed by atoms with van der Waals surface area (Å²) in [6, 6.07) is 0. The van der Waals surface area contributed by atoms with Gasteiger partial charge < -0.3 is 14.6 Å². The number of ether oxygens (including phenoxy) is 2. The Morgan fingerprint density at radius 3 is 2.57 bits per heavy atom. The highest BCUT2D eigenvalue weighted by molar-refractivity contribution is 5.69. The smallest absolute Gasteiger partial charge is 0.306 e. The summed E-state index contributed by atoms with van der Waals surface area (Å²) in [5, 5.41) is 9.07.